The zero-order valence-corrected chi connectivity index (χ0v) is 25.3. The van der Waals surface area contributed by atoms with Gasteiger partial charge < -0.3 is 19.5 Å². The Hall–Kier alpha value is -3.70. The van der Waals surface area contributed by atoms with Crippen molar-refractivity contribution in [1.82, 2.24) is 4.90 Å². The summed E-state index contributed by atoms with van der Waals surface area (Å²) in [5.41, 5.74) is 1.71. The number of hydrogen-bond acceptors (Lipinski definition) is 8. The molecule has 3 aromatic rings. The Kier molecular flexibility index (Phi) is 10.4. The van der Waals surface area contributed by atoms with E-state index in [1.807, 2.05) is 6.92 Å². The van der Waals surface area contributed by atoms with E-state index >= 15 is 0 Å². The highest BCUT2D eigenvalue weighted by molar-refractivity contribution is 8.18. The molecule has 1 heterocycles. The Morgan fingerprint density at radius 3 is 2.40 bits per heavy atom. The minimum absolute atomic E-state index is 0.0586. The summed E-state index contributed by atoms with van der Waals surface area (Å²) in [6, 6.07) is 14.5. The second-order valence-corrected chi connectivity index (χ2v) is 10.9. The predicted molar refractivity (Wildman–Crippen MR) is 163 cm³/mol. The van der Waals surface area contributed by atoms with E-state index in [9.17, 15) is 19.2 Å². The third kappa shape index (κ3) is 7.57. The van der Waals surface area contributed by atoms with Gasteiger partial charge in [0, 0.05) is 5.69 Å². The maximum atomic E-state index is 13.0. The fourth-order valence-electron chi connectivity index (χ4n) is 3.79. The number of rotatable bonds is 10. The van der Waals surface area contributed by atoms with E-state index in [-0.39, 0.29) is 27.8 Å². The van der Waals surface area contributed by atoms with Crippen molar-refractivity contribution in [3.63, 3.8) is 0 Å². The molecule has 3 aromatic carbocycles. The summed E-state index contributed by atoms with van der Waals surface area (Å²) >= 11 is 18.8. The largest absolute Gasteiger partial charge is 0.490 e. The van der Waals surface area contributed by atoms with Crippen LogP contribution in [0.5, 0.6) is 11.5 Å². The van der Waals surface area contributed by atoms with Gasteiger partial charge in [-0.25, -0.2) is 4.79 Å². The third-order valence-corrected chi connectivity index (χ3v) is 7.75. The number of carbonyl (C=O) groups excluding carboxylic acids is 4. The molecule has 0 radical (unpaired) electrons. The number of nitrogens with one attached hydrogen (secondary N) is 1. The van der Waals surface area contributed by atoms with Gasteiger partial charge in [0.1, 0.15) is 13.2 Å². The first-order chi connectivity index (χ1) is 20.1. The summed E-state index contributed by atoms with van der Waals surface area (Å²) in [6.07, 6.45) is 1.54. The lowest BCUT2D eigenvalue weighted by atomic mass is 10.1. The number of halogens is 3. The highest BCUT2D eigenvalue weighted by Crippen LogP contribution is 2.35. The second kappa shape index (κ2) is 14.0. The van der Waals surface area contributed by atoms with Crippen LogP contribution >= 0.6 is 46.6 Å². The fraction of sp³-hybridized carbons (Fsp3) is 0.172. The maximum absolute atomic E-state index is 13.0. The van der Waals surface area contributed by atoms with Gasteiger partial charge in [0.05, 0.1) is 39.3 Å². The van der Waals surface area contributed by atoms with Crippen molar-refractivity contribution >= 4 is 81.4 Å². The molecule has 0 bridgehead atoms. The van der Waals surface area contributed by atoms with Crippen LogP contribution in [0.15, 0.2) is 59.5 Å². The van der Waals surface area contributed by atoms with Crippen LogP contribution in [-0.2, 0) is 20.9 Å². The molecule has 4 rings (SSSR count). The molecule has 1 aliphatic heterocycles. The Labute approximate surface area is 260 Å². The molecule has 1 saturated heterocycles. The van der Waals surface area contributed by atoms with Crippen molar-refractivity contribution in [2.75, 3.05) is 25.6 Å². The number of nitrogens with zero attached hydrogens (tertiary/aromatic N) is 1. The number of benzene rings is 3. The zero-order valence-electron chi connectivity index (χ0n) is 22.2. The molecular formula is C29H23Cl3N2O7S. The number of imide groups is 1. The lowest BCUT2D eigenvalue weighted by Crippen LogP contribution is -2.36. The smallest absolute Gasteiger partial charge is 0.339 e. The van der Waals surface area contributed by atoms with Crippen LogP contribution in [0.3, 0.4) is 0 Å². The molecule has 218 valence electrons. The van der Waals surface area contributed by atoms with Gasteiger partial charge in [-0.3, -0.25) is 19.3 Å². The molecule has 1 N–H and O–H groups in total. The summed E-state index contributed by atoms with van der Waals surface area (Å²) < 4.78 is 16.3. The number of carbonyl (C=O) groups is 4. The quantitative estimate of drug-likeness (QED) is 0.183. The SMILES string of the molecule is CCOc1cc(/C=C2/SC(=O)N(CC(=O)Nc3ccc(Cl)c(C(=O)OC)c3)C2=O)ccc1OCc1ccc(Cl)c(Cl)c1. The molecule has 42 heavy (non-hydrogen) atoms. The second-order valence-electron chi connectivity index (χ2n) is 8.68. The topological polar surface area (TPSA) is 111 Å². The molecule has 0 aromatic heterocycles. The van der Waals surface area contributed by atoms with Crippen LogP contribution in [0.25, 0.3) is 6.08 Å². The summed E-state index contributed by atoms with van der Waals surface area (Å²) in [4.78, 5) is 51.1. The number of esters is 1. The van der Waals surface area contributed by atoms with E-state index in [1.165, 1.54) is 31.4 Å². The average Bonchev–Trinajstić information content (AvgIpc) is 3.22. The number of thioether (sulfide) groups is 1. The van der Waals surface area contributed by atoms with E-state index < -0.39 is 29.6 Å². The Morgan fingerprint density at radius 2 is 1.69 bits per heavy atom. The van der Waals surface area contributed by atoms with Crippen molar-refractivity contribution < 1.29 is 33.4 Å². The van der Waals surface area contributed by atoms with Gasteiger partial charge in [0.15, 0.2) is 11.5 Å². The van der Waals surface area contributed by atoms with E-state index in [4.69, 9.17) is 44.3 Å². The molecule has 3 amide bonds. The predicted octanol–water partition coefficient (Wildman–Crippen LogP) is 7.09. The third-order valence-electron chi connectivity index (χ3n) is 5.77. The molecule has 1 aliphatic rings. The molecular weight excluding hydrogens is 627 g/mol. The van der Waals surface area contributed by atoms with Gasteiger partial charge in [-0.05, 0) is 78.4 Å². The highest BCUT2D eigenvalue weighted by atomic mass is 35.5. The normalized spacial score (nSPS) is 13.8. The number of methoxy groups -OCH3 is 1. The molecule has 1 fully saturated rings. The van der Waals surface area contributed by atoms with Gasteiger partial charge in [-0.15, -0.1) is 0 Å². The monoisotopic (exact) mass is 648 g/mol. The molecule has 0 unspecified atom stereocenters. The molecule has 9 nitrogen and oxygen atoms in total. The standard InChI is InChI=1S/C29H23Cl3N2O7S/c1-3-40-24-11-16(5-9-23(24)41-15-17-4-7-21(31)22(32)10-17)12-25-27(36)34(29(38)42-25)14-26(35)33-18-6-8-20(30)19(13-18)28(37)39-2/h4-13H,3,14-15H2,1-2H3,(H,33,35)/b25-12+. The molecule has 0 atom stereocenters. The summed E-state index contributed by atoms with van der Waals surface area (Å²) in [5.74, 6) is -1.02. The first-order valence-corrected chi connectivity index (χ1v) is 14.3. The van der Waals surface area contributed by atoms with Crippen LogP contribution in [0.1, 0.15) is 28.4 Å². The van der Waals surface area contributed by atoms with Crippen molar-refractivity contribution in [2.45, 2.75) is 13.5 Å². The van der Waals surface area contributed by atoms with Crippen molar-refractivity contribution in [3.05, 3.63) is 91.3 Å². The van der Waals surface area contributed by atoms with Crippen LogP contribution < -0.4 is 14.8 Å². The van der Waals surface area contributed by atoms with Crippen LogP contribution in [0.2, 0.25) is 15.1 Å². The van der Waals surface area contributed by atoms with E-state index in [2.05, 4.69) is 10.1 Å². The first-order valence-electron chi connectivity index (χ1n) is 12.4. The molecule has 13 heteroatoms. The number of hydrogen-bond donors (Lipinski definition) is 1. The van der Waals surface area contributed by atoms with Crippen molar-refractivity contribution in [3.8, 4) is 11.5 Å². The van der Waals surface area contributed by atoms with E-state index in [0.29, 0.717) is 45.5 Å². The lowest BCUT2D eigenvalue weighted by molar-refractivity contribution is -0.127. The van der Waals surface area contributed by atoms with Crippen molar-refractivity contribution in [1.29, 1.82) is 0 Å². The summed E-state index contributed by atoms with van der Waals surface area (Å²) in [6.45, 7) is 1.89. The molecule has 0 spiro atoms. The lowest BCUT2D eigenvalue weighted by Gasteiger charge is -2.14. The highest BCUT2D eigenvalue weighted by Gasteiger charge is 2.36. The molecule has 0 aliphatic carbocycles. The van der Waals surface area contributed by atoms with E-state index in [0.717, 1.165) is 10.5 Å². The van der Waals surface area contributed by atoms with Crippen LogP contribution in [0.4, 0.5) is 10.5 Å². The van der Waals surface area contributed by atoms with E-state index in [1.54, 1.807) is 36.4 Å². The number of amides is 3. The summed E-state index contributed by atoms with van der Waals surface area (Å²) in [7, 11) is 1.21. The molecule has 0 saturated carbocycles. The number of anilines is 1. The minimum Gasteiger partial charge on any atom is -0.490 e. The first kappa shape index (κ1) is 31.2. The Balaban J connectivity index is 1.44. The maximum Gasteiger partial charge on any atom is 0.339 e. The van der Waals surface area contributed by atoms with Crippen molar-refractivity contribution in [2.24, 2.45) is 0 Å². The summed E-state index contributed by atoms with van der Waals surface area (Å²) in [5, 5.41) is 2.97. The fourth-order valence-corrected chi connectivity index (χ4v) is 5.15. The minimum atomic E-state index is -0.675. The Bertz CT molecular complexity index is 1600. The number of ether oxygens (including phenoxy) is 3. The average molecular weight is 650 g/mol. The van der Waals surface area contributed by atoms with Crippen LogP contribution in [0, 0.1) is 0 Å². The van der Waals surface area contributed by atoms with Gasteiger partial charge in [-0.1, -0.05) is 46.9 Å². The zero-order chi connectivity index (χ0) is 30.4. The van der Waals surface area contributed by atoms with Gasteiger partial charge in [-0.2, -0.15) is 0 Å². The van der Waals surface area contributed by atoms with Gasteiger partial charge in [0.25, 0.3) is 11.1 Å². The Morgan fingerprint density at radius 1 is 0.929 bits per heavy atom. The van der Waals surface area contributed by atoms with Crippen LogP contribution in [-0.4, -0.2) is 48.2 Å². The van der Waals surface area contributed by atoms with Gasteiger partial charge in [0.2, 0.25) is 5.91 Å². The van der Waals surface area contributed by atoms with Gasteiger partial charge >= 0.3 is 5.97 Å².